The van der Waals surface area contributed by atoms with Crippen molar-refractivity contribution in [1.29, 1.82) is 10.5 Å². The average Bonchev–Trinajstić information content (AvgIpc) is 3.62. The van der Waals surface area contributed by atoms with E-state index in [2.05, 4.69) is 54.6 Å². The molecule has 8 aromatic rings. The summed E-state index contributed by atoms with van der Waals surface area (Å²) in [5, 5.41) is 23.6. The minimum Gasteiger partial charge on any atom is -0.456 e. The number of fused-ring (bicyclic) bond motifs is 6. The molecule has 0 radical (unpaired) electrons. The average molecular weight is 537 g/mol. The van der Waals surface area contributed by atoms with E-state index in [0.29, 0.717) is 11.1 Å². The van der Waals surface area contributed by atoms with Crippen LogP contribution in [0.3, 0.4) is 0 Å². The quantitative estimate of drug-likeness (QED) is 0.225. The van der Waals surface area contributed by atoms with Gasteiger partial charge in [-0.15, -0.1) is 0 Å². The summed E-state index contributed by atoms with van der Waals surface area (Å²) in [6.45, 7) is 0. The molecule has 0 aliphatic heterocycles. The van der Waals surface area contributed by atoms with Crippen molar-refractivity contribution < 1.29 is 8.83 Å². The highest BCUT2D eigenvalue weighted by Crippen LogP contribution is 2.42. The number of benzene rings is 6. The first-order chi connectivity index (χ1) is 20.7. The fourth-order valence-electron chi connectivity index (χ4n) is 6.06. The van der Waals surface area contributed by atoms with Crippen molar-refractivity contribution in [2.75, 3.05) is 0 Å². The molecule has 0 saturated heterocycles. The van der Waals surface area contributed by atoms with Gasteiger partial charge in [0, 0.05) is 21.5 Å². The van der Waals surface area contributed by atoms with Crippen LogP contribution in [-0.4, -0.2) is 0 Å². The summed E-state index contributed by atoms with van der Waals surface area (Å²) in [6.07, 6.45) is 0. The molecule has 194 valence electrons. The minimum absolute atomic E-state index is 0.446. The lowest BCUT2D eigenvalue weighted by atomic mass is 9.89. The topological polar surface area (TPSA) is 73.9 Å². The summed E-state index contributed by atoms with van der Waals surface area (Å²) >= 11 is 0. The Bertz CT molecular complexity index is 2280. The predicted octanol–water partition coefficient (Wildman–Crippen LogP) is 10.2. The van der Waals surface area contributed by atoms with Gasteiger partial charge in [0.15, 0.2) is 0 Å². The van der Waals surface area contributed by atoms with Crippen molar-refractivity contribution in [1.82, 2.24) is 0 Å². The third-order valence-electron chi connectivity index (χ3n) is 7.88. The Morgan fingerprint density at radius 3 is 1.33 bits per heavy atom. The van der Waals surface area contributed by atoms with Gasteiger partial charge in [-0.25, -0.2) is 0 Å². The van der Waals surface area contributed by atoms with Crippen LogP contribution < -0.4 is 0 Å². The van der Waals surface area contributed by atoms with E-state index in [1.807, 2.05) is 72.8 Å². The van der Waals surface area contributed by atoms with Gasteiger partial charge in [0.25, 0.3) is 0 Å². The molecule has 0 N–H and O–H groups in total. The van der Waals surface area contributed by atoms with E-state index in [9.17, 15) is 10.5 Å². The maximum absolute atomic E-state index is 9.70. The summed E-state index contributed by atoms with van der Waals surface area (Å²) in [4.78, 5) is 0. The maximum atomic E-state index is 9.70. The van der Waals surface area contributed by atoms with E-state index >= 15 is 0 Å². The van der Waals surface area contributed by atoms with Crippen LogP contribution in [0.5, 0.6) is 0 Å². The number of hydrogen-bond acceptors (Lipinski definition) is 4. The van der Waals surface area contributed by atoms with E-state index < -0.39 is 0 Å². The minimum atomic E-state index is 0.446. The normalized spacial score (nSPS) is 11.3. The standard InChI is InChI=1S/C38H20N2O2/c39-21-23-15-24(22-40)17-25(16-23)26-18-27(29-9-5-13-35-37(29)31-7-1-3-11-33(31)41-35)20-28(19-26)30-10-6-14-36-38(30)32-8-2-4-12-34(32)42-36/h1-20H. The van der Waals surface area contributed by atoms with Crippen LogP contribution in [0.1, 0.15) is 11.1 Å². The molecule has 42 heavy (non-hydrogen) atoms. The highest BCUT2D eigenvalue weighted by Gasteiger charge is 2.17. The van der Waals surface area contributed by atoms with Crippen LogP contribution in [0, 0.1) is 22.7 Å². The Hall–Kier alpha value is -6.10. The highest BCUT2D eigenvalue weighted by molar-refractivity contribution is 6.14. The van der Waals surface area contributed by atoms with Gasteiger partial charge in [-0.2, -0.15) is 10.5 Å². The third kappa shape index (κ3) is 3.68. The zero-order valence-electron chi connectivity index (χ0n) is 22.3. The molecule has 0 atom stereocenters. The summed E-state index contributed by atoms with van der Waals surface area (Å²) in [7, 11) is 0. The molecule has 4 nitrogen and oxygen atoms in total. The molecule has 0 spiro atoms. The molecule has 0 unspecified atom stereocenters. The smallest absolute Gasteiger partial charge is 0.136 e. The Morgan fingerprint density at radius 1 is 0.405 bits per heavy atom. The summed E-state index contributed by atoms with van der Waals surface area (Å²) in [5.41, 5.74) is 10.0. The lowest BCUT2D eigenvalue weighted by Crippen LogP contribution is -1.89. The molecular weight excluding hydrogens is 516 g/mol. The van der Waals surface area contributed by atoms with Crippen LogP contribution >= 0.6 is 0 Å². The molecule has 0 aliphatic rings. The molecule has 0 aliphatic carbocycles. The molecule has 0 saturated carbocycles. The summed E-state index contributed by atoms with van der Waals surface area (Å²) in [5.74, 6) is 0. The molecule has 2 heterocycles. The molecule has 2 aromatic heterocycles. The first kappa shape index (κ1) is 23.8. The molecule has 0 bridgehead atoms. The van der Waals surface area contributed by atoms with Gasteiger partial charge in [0.2, 0.25) is 0 Å². The number of furan rings is 2. The molecular formula is C38H20N2O2. The van der Waals surface area contributed by atoms with Crippen LogP contribution in [0.15, 0.2) is 130 Å². The van der Waals surface area contributed by atoms with Crippen molar-refractivity contribution in [3.05, 3.63) is 132 Å². The Morgan fingerprint density at radius 2 is 0.833 bits per heavy atom. The molecule has 4 heteroatoms. The molecule has 8 rings (SSSR count). The van der Waals surface area contributed by atoms with Crippen molar-refractivity contribution >= 4 is 43.9 Å². The summed E-state index contributed by atoms with van der Waals surface area (Å²) < 4.78 is 12.4. The lowest BCUT2D eigenvalue weighted by Gasteiger charge is -2.13. The third-order valence-corrected chi connectivity index (χ3v) is 7.88. The van der Waals surface area contributed by atoms with E-state index in [4.69, 9.17) is 8.83 Å². The van der Waals surface area contributed by atoms with Gasteiger partial charge in [-0.05, 0) is 94.0 Å². The maximum Gasteiger partial charge on any atom is 0.136 e. The second-order valence-electron chi connectivity index (χ2n) is 10.4. The molecule has 0 amide bonds. The largest absolute Gasteiger partial charge is 0.456 e. The van der Waals surface area contributed by atoms with Crippen LogP contribution in [0.2, 0.25) is 0 Å². The van der Waals surface area contributed by atoms with Crippen LogP contribution in [0.25, 0.3) is 77.3 Å². The van der Waals surface area contributed by atoms with E-state index in [-0.39, 0.29) is 0 Å². The van der Waals surface area contributed by atoms with Gasteiger partial charge in [0.05, 0.1) is 23.3 Å². The summed E-state index contributed by atoms with van der Waals surface area (Å²) in [6, 6.07) is 44.6. The zero-order chi connectivity index (χ0) is 28.2. The van der Waals surface area contributed by atoms with Gasteiger partial charge < -0.3 is 8.83 Å². The molecule has 6 aromatic carbocycles. The van der Waals surface area contributed by atoms with E-state index in [1.165, 1.54) is 0 Å². The fourth-order valence-corrected chi connectivity index (χ4v) is 6.06. The monoisotopic (exact) mass is 536 g/mol. The fraction of sp³-hybridized carbons (Fsp3) is 0. The first-order valence-electron chi connectivity index (χ1n) is 13.6. The van der Waals surface area contributed by atoms with Crippen molar-refractivity contribution in [2.45, 2.75) is 0 Å². The number of nitriles is 2. The second-order valence-corrected chi connectivity index (χ2v) is 10.4. The number of rotatable bonds is 3. The molecule has 0 fully saturated rings. The van der Waals surface area contributed by atoms with Crippen molar-refractivity contribution in [3.8, 4) is 45.5 Å². The van der Waals surface area contributed by atoms with Crippen molar-refractivity contribution in [2.24, 2.45) is 0 Å². The van der Waals surface area contributed by atoms with E-state index in [1.54, 1.807) is 6.07 Å². The lowest BCUT2D eigenvalue weighted by molar-refractivity contribution is 0.668. The Labute approximate surface area is 240 Å². The highest BCUT2D eigenvalue weighted by atomic mass is 16.3. The van der Waals surface area contributed by atoms with Crippen molar-refractivity contribution in [3.63, 3.8) is 0 Å². The van der Waals surface area contributed by atoms with Crippen LogP contribution in [-0.2, 0) is 0 Å². The first-order valence-corrected chi connectivity index (χ1v) is 13.6. The number of nitrogens with zero attached hydrogens (tertiary/aromatic N) is 2. The SMILES string of the molecule is N#Cc1cc(C#N)cc(-c2cc(-c3cccc4oc5ccccc5c34)cc(-c3cccc4oc5ccccc5c34)c2)c1. The Balaban J connectivity index is 1.47. The number of para-hydroxylation sites is 2. The number of hydrogen-bond donors (Lipinski definition) is 0. The second kappa shape index (κ2) is 9.24. The van der Waals surface area contributed by atoms with Gasteiger partial charge in [0.1, 0.15) is 22.3 Å². The predicted molar refractivity (Wildman–Crippen MR) is 167 cm³/mol. The zero-order valence-corrected chi connectivity index (χ0v) is 22.3. The van der Waals surface area contributed by atoms with Crippen LogP contribution in [0.4, 0.5) is 0 Å². The van der Waals surface area contributed by atoms with Gasteiger partial charge >= 0.3 is 0 Å². The van der Waals surface area contributed by atoms with Gasteiger partial charge in [-0.1, -0.05) is 60.7 Å². The van der Waals surface area contributed by atoms with Gasteiger partial charge in [-0.3, -0.25) is 0 Å². The Kier molecular flexibility index (Phi) is 5.22. The van der Waals surface area contributed by atoms with E-state index in [0.717, 1.165) is 77.3 Å².